The maximum atomic E-state index is 13.0. The highest BCUT2D eigenvalue weighted by molar-refractivity contribution is 14.1. The molecule has 0 aromatic heterocycles. The van der Waals surface area contributed by atoms with E-state index in [1.165, 1.54) is 23.3 Å². The standard InChI is InChI=1S/C14H12BrFIN/c1-9-6-10(2-4-12(9)15)8-18-14-5-3-11(16)7-13(14)17/h2-7,18H,8H2,1H3. The molecule has 2 aromatic rings. The van der Waals surface area contributed by atoms with Crippen LogP contribution in [0.5, 0.6) is 0 Å². The van der Waals surface area contributed by atoms with Gasteiger partial charge in [-0.15, -0.1) is 0 Å². The summed E-state index contributed by atoms with van der Waals surface area (Å²) in [7, 11) is 0. The van der Waals surface area contributed by atoms with Crippen LogP contribution in [0.4, 0.5) is 10.1 Å². The second-order valence-corrected chi connectivity index (χ2v) is 6.08. The predicted molar refractivity (Wildman–Crippen MR) is 85.3 cm³/mol. The van der Waals surface area contributed by atoms with Gasteiger partial charge in [0, 0.05) is 20.3 Å². The van der Waals surface area contributed by atoms with Crippen molar-refractivity contribution in [1.82, 2.24) is 0 Å². The fourth-order valence-corrected chi connectivity index (χ4v) is 2.56. The lowest BCUT2D eigenvalue weighted by Gasteiger charge is -2.10. The molecule has 1 nitrogen and oxygen atoms in total. The van der Waals surface area contributed by atoms with Crippen LogP contribution in [0.2, 0.25) is 0 Å². The van der Waals surface area contributed by atoms with Gasteiger partial charge < -0.3 is 5.32 Å². The zero-order valence-corrected chi connectivity index (χ0v) is 13.5. The van der Waals surface area contributed by atoms with Crippen LogP contribution in [0.1, 0.15) is 11.1 Å². The first-order valence-electron chi connectivity index (χ1n) is 5.50. The molecule has 0 bridgehead atoms. The molecule has 0 atom stereocenters. The summed E-state index contributed by atoms with van der Waals surface area (Å²) in [5.74, 6) is -0.204. The fraction of sp³-hybridized carbons (Fsp3) is 0.143. The number of benzene rings is 2. The third-order valence-corrected chi connectivity index (χ3v) is 4.42. The van der Waals surface area contributed by atoms with Crippen molar-refractivity contribution in [2.45, 2.75) is 13.5 Å². The molecule has 4 heteroatoms. The molecule has 0 spiro atoms. The van der Waals surface area contributed by atoms with Crippen molar-refractivity contribution < 1.29 is 4.39 Å². The molecule has 0 saturated heterocycles. The summed E-state index contributed by atoms with van der Waals surface area (Å²) in [6.07, 6.45) is 0. The number of anilines is 1. The average Bonchev–Trinajstić information content (AvgIpc) is 2.32. The van der Waals surface area contributed by atoms with Crippen molar-refractivity contribution >= 4 is 44.2 Å². The molecule has 0 saturated carbocycles. The van der Waals surface area contributed by atoms with Crippen LogP contribution in [-0.2, 0) is 6.54 Å². The minimum Gasteiger partial charge on any atom is -0.380 e. The first-order valence-corrected chi connectivity index (χ1v) is 7.37. The molecule has 2 rings (SSSR count). The molecular formula is C14H12BrFIN. The maximum absolute atomic E-state index is 13.0. The van der Waals surface area contributed by atoms with Gasteiger partial charge in [0.15, 0.2) is 0 Å². The van der Waals surface area contributed by atoms with Crippen molar-refractivity contribution in [3.63, 3.8) is 0 Å². The third kappa shape index (κ3) is 3.45. The average molecular weight is 420 g/mol. The lowest BCUT2D eigenvalue weighted by atomic mass is 10.1. The second-order valence-electron chi connectivity index (χ2n) is 4.06. The van der Waals surface area contributed by atoms with E-state index in [0.29, 0.717) is 0 Å². The van der Waals surface area contributed by atoms with E-state index in [2.05, 4.69) is 62.9 Å². The van der Waals surface area contributed by atoms with Gasteiger partial charge in [0.2, 0.25) is 0 Å². The third-order valence-electron chi connectivity index (χ3n) is 2.64. The molecule has 0 heterocycles. The summed E-state index contributed by atoms with van der Waals surface area (Å²) >= 11 is 5.61. The number of hydrogen-bond donors (Lipinski definition) is 1. The van der Waals surface area contributed by atoms with Crippen LogP contribution in [0.3, 0.4) is 0 Å². The smallest absolute Gasteiger partial charge is 0.124 e. The molecule has 18 heavy (non-hydrogen) atoms. The number of rotatable bonds is 3. The Morgan fingerprint density at radius 3 is 2.67 bits per heavy atom. The SMILES string of the molecule is Cc1cc(CNc2ccc(F)cc2I)ccc1Br. The zero-order chi connectivity index (χ0) is 13.1. The van der Waals surface area contributed by atoms with E-state index in [0.717, 1.165) is 20.3 Å². The molecule has 0 amide bonds. The van der Waals surface area contributed by atoms with Crippen LogP contribution in [-0.4, -0.2) is 0 Å². The first-order chi connectivity index (χ1) is 8.56. The molecule has 0 aliphatic rings. The van der Waals surface area contributed by atoms with Crippen LogP contribution in [0.25, 0.3) is 0 Å². The Morgan fingerprint density at radius 2 is 2.00 bits per heavy atom. The Labute approximate surface area is 128 Å². The number of hydrogen-bond acceptors (Lipinski definition) is 1. The molecule has 2 aromatic carbocycles. The van der Waals surface area contributed by atoms with Gasteiger partial charge >= 0.3 is 0 Å². The van der Waals surface area contributed by atoms with Gasteiger partial charge in [0.25, 0.3) is 0 Å². The van der Waals surface area contributed by atoms with Gasteiger partial charge in [-0.1, -0.05) is 28.1 Å². The molecular weight excluding hydrogens is 408 g/mol. The van der Waals surface area contributed by atoms with Crippen LogP contribution < -0.4 is 5.32 Å². The first kappa shape index (κ1) is 13.8. The Hall–Kier alpha value is -0.620. The molecule has 0 aliphatic carbocycles. The van der Waals surface area contributed by atoms with E-state index in [4.69, 9.17) is 0 Å². The summed E-state index contributed by atoms with van der Waals surface area (Å²) in [5.41, 5.74) is 3.37. The van der Waals surface area contributed by atoms with Crippen molar-refractivity contribution in [1.29, 1.82) is 0 Å². The Bertz CT molecular complexity index is 572. The molecule has 0 unspecified atom stereocenters. The molecule has 0 radical (unpaired) electrons. The van der Waals surface area contributed by atoms with E-state index in [-0.39, 0.29) is 5.82 Å². The van der Waals surface area contributed by atoms with Crippen LogP contribution in [0.15, 0.2) is 40.9 Å². The van der Waals surface area contributed by atoms with Crippen molar-refractivity contribution in [3.05, 3.63) is 61.4 Å². The monoisotopic (exact) mass is 419 g/mol. The minimum absolute atomic E-state index is 0.204. The van der Waals surface area contributed by atoms with Gasteiger partial charge in [-0.25, -0.2) is 4.39 Å². The topological polar surface area (TPSA) is 12.0 Å². The summed E-state index contributed by atoms with van der Waals surface area (Å²) < 4.78 is 15.0. The molecule has 0 fully saturated rings. The van der Waals surface area contributed by atoms with Crippen LogP contribution in [0, 0.1) is 16.3 Å². The number of nitrogens with one attached hydrogen (secondary N) is 1. The van der Waals surface area contributed by atoms with Crippen molar-refractivity contribution in [2.75, 3.05) is 5.32 Å². The van der Waals surface area contributed by atoms with Gasteiger partial charge in [0.05, 0.1) is 0 Å². The molecule has 94 valence electrons. The highest BCUT2D eigenvalue weighted by Gasteiger charge is 2.02. The molecule has 1 N–H and O–H groups in total. The Kier molecular flexibility index (Phi) is 4.61. The Morgan fingerprint density at radius 1 is 1.22 bits per heavy atom. The lowest BCUT2D eigenvalue weighted by Crippen LogP contribution is -2.01. The maximum Gasteiger partial charge on any atom is 0.124 e. The minimum atomic E-state index is -0.204. The zero-order valence-electron chi connectivity index (χ0n) is 9.81. The molecule has 0 aliphatic heterocycles. The van der Waals surface area contributed by atoms with Gasteiger partial charge in [0.1, 0.15) is 5.82 Å². The van der Waals surface area contributed by atoms with Gasteiger partial charge in [-0.2, -0.15) is 0 Å². The highest BCUT2D eigenvalue weighted by Crippen LogP contribution is 2.21. The largest absolute Gasteiger partial charge is 0.380 e. The van der Waals surface area contributed by atoms with Crippen LogP contribution >= 0.6 is 38.5 Å². The van der Waals surface area contributed by atoms with Crippen molar-refractivity contribution in [3.8, 4) is 0 Å². The van der Waals surface area contributed by atoms with Crippen molar-refractivity contribution in [2.24, 2.45) is 0 Å². The number of aryl methyl sites for hydroxylation is 1. The van der Waals surface area contributed by atoms with Gasteiger partial charge in [-0.3, -0.25) is 0 Å². The Balaban J connectivity index is 2.09. The number of halogens is 3. The summed E-state index contributed by atoms with van der Waals surface area (Å²) in [6.45, 7) is 2.80. The van der Waals surface area contributed by atoms with Gasteiger partial charge in [-0.05, 0) is 64.9 Å². The summed E-state index contributed by atoms with van der Waals surface area (Å²) in [5, 5.41) is 3.31. The predicted octanol–water partition coefficient (Wildman–Crippen LogP) is 5.11. The van der Waals surface area contributed by atoms with E-state index in [1.807, 2.05) is 6.07 Å². The quantitative estimate of drug-likeness (QED) is 0.681. The summed E-state index contributed by atoms with van der Waals surface area (Å²) in [4.78, 5) is 0. The normalized spacial score (nSPS) is 10.4. The van der Waals surface area contributed by atoms with E-state index in [1.54, 1.807) is 6.07 Å². The highest BCUT2D eigenvalue weighted by atomic mass is 127. The van der Waals surface area contributed by atoms with E-state index >= 15 is 0 Å². The van der Waals surface area contributed by atoms with E-state index in [9.17, 15) is 4.39 Å². The second kappa shape index (κ2) is 6.02. The van der Waals surface area contributed by atoms with E-state index < -0.39 is 0 Å². The fourth-order valence-electron chi connectivity index (χ4n) is 1.65. The summed E-state index contributed by atoms with van der Waals surface area (Å²) in [6, 6.07) is 11.0. The lowest BCUT2D eigenvalue weighted by molar-refractivity contribution is 0.627.